The summed E-state index contributed by atoms with van der Waals surface area (Å²) in [5.74, 6) is 0. The average Bonchev–Trinajstić information content (AvgIpc) is 0. The van der Waals surface area contributed by atoms with Gasteiger partial charge in [-0.1, -0.05) is 0 Å². The molecule has 18 heteroatoms. The van der Waals surface area contributed by atoms with Crippen molar-refractivity contribution in [1.82, 2.24) is 0 Å². The van der Waals surface area contributed by atoms with Gasteiger partial charge in [-0.05, 0) is 0 Å². The normalized spacial score (nSPS) is 0. The second kappa shape index (κ2) is 190. The van der Waals surface area contributed by atoms with Gasteiger partial charge in [0.05, 0.1) is 0 Å². The molecule has 0 aliphatic rings. The first-order valence-corrected chi connectivity index (χ1v) is 0. The SMILES string of the molecule is [Ba+2].[Ba+2].[Ba+2].[Ba+2].[Ba+2].[Cl-].[Cl-].[O-2].[O-2].[O-2].[O-2].[O-2].[O-2].[O-2].[O-2].[O-2].[Ta+5].[Ta+5]. The molecular weight excluding hydrogens is 1260 g/mol. The van der Waals surface area contributed by atoms with Crippen molar-refractivity contribution in [2.75, 3.05) is 0 Å². The van der Waals surface area contributed by atoms with E-state index >= 15 is 0 Å². The quantitative estimate of drug-likeness (QED) is 0.205. The summed E-state index contributed by atoms with van der Waals surface area (Å²) in [6.07, 6.45) is 0. The van der Waals surface area contributed by atoms with E-state index in [1.165, 1.54) is 0 Å². The van der Waals surface area contributed by atoms with Crippen LogP contribution in [0, 0.1) is 0 Å². The topological polar surface area (TPSA) is 256 Å². The van der Waals surface area contributed by atoms with Crippen molar-refractivity contribution < 1.29 is 119 Å². The van der Waals surface area contributed by atoms with Crippen LogP contribution < -0.4 is 24.8 Å². The molecule has 9 nitrogen and oxygen atoms in total. The third kappa shape index (κ3) is 169. The van der Waals surface area contributed by atoms with E-state index in [4.69, 9.17) is 0 Å². The summed E-state index contributed by atoms with van der Waals surface area (Å²) in [5, 5.41) is 0. The maximum Gasteiger partial charge on any atom is 5.00 e. The molecule has 0 spiro atoms. The first kappa shape index (κ1) is 213. The van der Waals surface area contributed by atoms with Crippen LogP contribution in [0.4, 0.5) is 0 Å². The van der Waals surface area contributed by atoms with Gasteiger partial charge in [-0.25, -0.2) is 0 Å². The minimum Gasteiger partial charge on any atom is -2.00 e. The van der Waals surface area contributed by atoms with Gasteiger partial charge >= 0.3 is 289 Å². The fourth-order valence-electron chi connectivity index (χ4n) is 0. The van der Waals surface area contributed by atoms with E-state index in [9.17, 15) is 0 Å². The molecule has 0 aromatic heterocycles. The zero-order valence-electron chi connectivity index (χ0n) is 8.86. The number of rotatable bonds is 0. The molecule has 0 aromatic carbocycles. The molecule has 0 saturated carbocycles. The smallest absolute Gasteiger partial charge is 2.00 e. The molecule has 0 N–H and O–H groups in total. The molecule has 0 unspecified atom stereocenters. The number of halogens is 2. The summed E-state index contributed by atoms with van der Waals surface area (Å²) in [5.41, 5.74) is 0. The minimum absolute atomic E-state index is 0. The molecule has 0 amide bonds. The zero-order chi connectivity index (χ0) is 0. The summed E-state index contributed by atoms with van der Waals surface area (Å²) in [7, 11) is 0. The van der Waals surface area contributed by atoms with Crippen LogP contribution in [0.25, 0.3) is 0 Å². The molecule has 88 valence electrons. The molecule has 0 radical (unpaired) electrons. The van der Waals surface area contributed by atoms with E-state index in [0.29, 0.717) is 0 Å². The maximum atomic E-state index is 0. The fourth-order valence-corrected chi connectivity index (χ4v) is 0. The van der Waals surface area contributed by atoms with E-state index in [1.807, 2.05) is 0 Å². The molecular formula is Ba5Cl2O9Ta2. The van der Waals surface area contributed by atoms with Crippen molar-refractivity contribution in [2.45, 2.75) is 0 Å². The van der Waals surface area contributed by atoms with Gasteiger partial charge in [0.2, 0.25) is 0 Å². The molecule has 0 aliphatic heterocycles. The Kier molecular flexibility index (Phi) is 2240. The molecule has 18 heavy (non-hydrogen) atoms. The Morgan fingerprint density at radius 2 is 0.222 bits per heavy atom. The minimum atomic E-state index is 0. The molecule has 0 aliphatic carbocycles. The summed E-state index contributed by atoms with van der Waals surface area (Å²) in [4.78, 5) is 0. The molecule has 0 heterocycles. The van der Waals surface area contributed by atoms with Crippen LogP contribution in [-0.2, 0) is 94.0 Å². The van der Waals surface area contributed by atoms with E-state index in [0.717, 1.165) is 0 Å². The maximum absolute atomic E-state index is 0. The van der Waals surface area contributed by atoms with Crippen molar-refractivity contribution >= 4 is 244 Å². The van der Waals surface area contributed by atoms with Crippen LogP contribution in [0.3, 0.4) is 0 Å². The molecule has 0 saturated heterocycles. The molecule has 0 bridgehead atoms. The summed E-state index contributed by atoms with van der Waals surface area (Å²) >= 11 is 0. The van der Waals surface area contributed by atoms with Crippen LogP contribution in [0.15, 0.2) is 0 Å². The summed E-state index contributed by atoms with van der Waals surface area (Å²) < 4.78 is 0. The Hall–Kier alpha value is 9.56. The Morgan fingerprint density at radius 3 is 0.222 bits per heavy atom. The van der Waals surface area contributed by atoms with Crippen molar-refractivity contribution in [3.8, 4) is 0 Å². The van der Waals surface area contributed by atoms with Gasteiger partial charge in [-0.2, -0.15) is 0 Å². The second-order valence-electron chi connectivity index (χ2n) is 0. The van der Waals surface area contributed by atoms with Crippen LogP contribution in [-0.4, -0.2) is 244 Å². The zero-order valence-corrected chi connectivity index (χ0v) is 39.0. The van der Waals surface area contributed by atoms with Gasteiger partial charge in [0.25, 0.3) is 0 Å². The van der Waals surface area contributed by atoms with Gasteiger partial charge < -0.3 is 74.1 Å². The average molecular weight is 1260 g/mol. The predicted molar refractivity (Wildman–Crippen MR) is 34.9 cm³/mol. The van der Waals surface area contributed by atoms with Crippen molar-refractivity contribution in [3.05, 3.63) is 0 Å². The van der Waals surface area contributed by atoms with Crippen LogP contribution in [0.5, 0.6) is 0 Å². The van der Waals surface area contributed by atoms with E-state index in [1.54, 1.807) is 0 Å². The summed E-state index contributed by atoms with van der Waals surface area (Å²) in [6, 6.07) is 0. The monoisotopic (exact) mass is 1270 g/mol. The van der Waals surface area contributed by atoms with Crippen LogP contribution >= 0.6 is 0 Å². The van der Waals surface area contributed by atoms with E-state index in [2.05, 4.69) is 0 Å². The first-order valence-electron chi connectivity index (χ1n) is 0. The number of hydrogen-bond acceptors (Lipinski definition) is 0. The second-order valence-corrected chi connectivity index (χ2v) is 0. The van der Waals surface area contributed by atoms with E-state index < -0.39 is 0 Å². The predicted octanol–water partition coefficient (Wildman–Crippen LogP) is -8.97. The standard InChI is InChI=1S/5Ba.2ClH.9O.2Ta/h;;;;;2*1H;;;;;;;;;;;/q5*+2;;;9*-2;2*+5/p-2. The Labute approximate surface area is 351 Å². The van der Waals surface area contributed by atoms with Crippen LogP contribution in [0.1, 0.15) is 0 Å². The van der Waals surface area contributed by atoms with Crippen molar-refractivity contribution in [3.63, 3.8) is 0 Å². The Morgan fingerprint density at radius 1 is 0.222 bits per heavy atom. The van der Waals surface area contributed by atoms with E-state index in [-0.39, 0.29) is 363 Å². The van der Waals surface area contributed by atoms with Gasteiger partial charge in [0.15, 0.2) is 0 Å². The number of hydrogen-bond donors (Lipinski definition) is 0. The van der Waals surface area contributed by atoms with Gasteiger partial charge in [-0.3, -0.25) is 0 Å². The van der Waals surface area contributed by atoms with Gasteiger partial charge in [-0.15, -0.1) is 0 Å². The Bertz CT molecular complexity index is 30.9. The largest absolute Gasteiger partial charge is 5.00 e. The van der Waals surface area contributed by atoms with Gasteiger partial charge in [0.1, 0.15) is 0 Å². The molecule has 0 fully saturated rings. The van der Waals surface area contributed by atoms with Crippen LogP contribution in [0.2, 0.25) is 0 Å². The fraction of sp³-hybridized carbons (Fsp3) is 0. The Balaban J connectivity index is 0. The van der Waals surface area contributed by atoms with Crippen molar-refractivity contribution in [2.24, 2.45) is 0 Å². The first-order chi connectivity index (χ1) is 0. The third-order valence-electron chi connectivity index (χ3n) is 0. The molecule has 0 rings (SSSR count). The third-order valence-corrected chi connectivity index (χ3v) is 0. The summed E-state index contributed by atoms with van der Waals surface area (Å²) in [6.45, 7) is 0. The van der Waals surface area contributed by atoms with Crippen molar-refractivity contribution in [1.29, 1.82) is 0 Å². The molecule has 0 aromatic rings. The van der Waals surface area contributed by atoms with Gasteiger partial charge in [0, 0.05) is 0 Å². The molecule has 0 atom stereocenters.